The molecule has 0 saturated heterocycles. The fourth-order valence-electron chi connectivity index (χ4n) is 4.27. The van der Waals surface area contributed by atoms with Gasteiger partial charge in [0, 0.05) is 5.54 Å². The van der Waals surface area contributed by atoms with Crippen LogP contribution in [0.15, 0.2) is 72.8 Å². The monoisotopic (exact) mass is 330 g/mol. The van der Waals surface area contributed by atoms with Crippen LogP contribution in [0.3, 0.4) is 0 Å². The first-order chi connectivity index (χ1) is 11.6. The fourth-order valence-corrected chi connectivity index (χ4v) is 7.98. The predicted octanol–water partition coefficient (Wildman–Crippen LogP) is 4.96. The molecule has 120 valence electrons. The SMILES string of the molecule is COc1ccccc1[Si](C)(C)C1c2ccccc2-c2ccccc21. The minimum absolute atomic E-state index is 0.459. The molecule has 24 heavy (non-hydrogen) atoms. The summed E-state index contributed by atoms with van der Waals surface area (Å²) in [6.07, 6.45) is 0. The molecule has 0 spiro atoms. The predicted molar refractivity (Wildman–Crippen MR) is 104 cm³/mol. The van der Waals surface area contributed by atoms with Crippen LogP contribution in [0.25, 0.3) is 11.1 Å². The van der Waals surface area contributed by atoms with Crippen molar-refractivity contribution in [3.63, 3.8) is 0 Å². The zero-order valence-electron chi connectivity index (χ0n) is 14.4. The Labute approximate surface area is 144 Å². The van der Waals surface area contributed by atoms with E-state index in [4.69, 9.17) is 4.74 Å². The van der Waals surface area contributed by atoms with Crippen LogP contribution in [0, 0.1) is 0 Å². The topological polar surface area (TPSA) is 9.23 Å². The van der Waals surface area contributed by atoms with E-state index >= 15 is 0 Å². The van der Waals surface area contributed by atoms with Crippen LogP contribution in [-0.2, 0) is 0 Å². The third-order valence-corrected chi connectivity index (χ3v) is 9.22. The van der Waals surface area contributed by atoms with Gasteiger partial charge in [-0.3, -0.25) is 0 Å². The van der Waals surface area contributed by atoms with Gasteiger partial charge in [0.15, 0.2) is 0 Å². The lowest BCUT2D eigenvalue weighted by Gasteiger charge is -2.33. The summed E-state index contributed by atoms with van der Waals surface area (Å²) in [5.74, 6) is 1.02. The molecule has 1 aliphatic carbocycles. The average Bonchev–Trinajstić information content (AvgIpc) is 2.97. The van der Waals surface area contributed by atoms with Crippen LogP contribution in [0.1, 0.15) is 16.7 Å². The Morgan fingerprint density at radius 1 is 0.708 bits per heavy atom. The van der Waals surface area contributed by atoms with Crippen LogP contribution >= 0.6 is 0 Å². The highest BCUT2D eigenvalue weighted by molar-refractivity contribution is 6.92. The van der Waals surface area contributed by atoms with Crippen molar-refractivity contribution in [3.8, 4) is 16.9 Å². The molecule has 0 heterocycles. The summed E-state index contributed by atoms with van der Waals surface area (Å²) in [6, 6.07) is 26.3. The van der Waals surface area contributed by atoms with E-state index in [0.717, 1.165) is 5.75 Å². The van der Waals surface area contributed by atoms with Gasteiger partial charge in [0.1, 0.15) is 5.75 Å². The Morgan fingerprint density at radius 3 is 1.79 bits per heavy atom. The maximum Gasteiger partial charge on any atom is 0.118 e. The van der Waals surface area contributed by atoms with Crippen molar-refractivity contribution in [3.05, 3.63) is 83.9 Å². The summed E-state index contributed by atoms with van der Waals surface area (Å²) in [5, 5.41) is 1.39. The number of hydrogen-bond acceptors (Lipinski definition) is 1. The highest BCUT2D eigenvalue weighted by Crippen LogP contribution is 2.48. The van der Waals surface area contributed by atoms with Crippen LogP contribution in [0.5, 0.6) is 5.75 Å². The molecule has 1 nitrogen and oxygen atoms in total. The molecule has 0 radical (unpaired) electrons. The lowest BCUT2D eigenvalue weighted by molar-refractivity contribution is 0.418. The molecule has 0 fully saturated rings. The maximum absolute atomic E-state index is 5.70. The Morgan fingerprint density at radius 2 is 1.21 bits per heavy atom. The summed E-state index contributed by atoms with van der Waals surface area (Å²) in [5.41, 5.74) is 6.20. The fraction of sp³-hybridized carbons (Fsp3) is 0.182. The highest BCUT2D eigenvalue weighted by Gasteiger charge is 2.42. The average molecular weight is 331 g/mol. The number of rotatable bonds is 3. The lowest BCUT2D eigenvalue weighted by Crippen LogP contribution is -2.48. The summed E-state index contributed by atoms with van der Waals surface area (Å²) in [7, 11) is -0.0617. The Kier molecular flexibility index (Phi) is 3.58. The molecule has 0 atom stereocenters. The third kappa shape index (κ3) is 2.14. The molecule has 4 rings (SSSR count). The van der Waals surface area contributed by atoms with Crippen LogP contribution in [0.2, 0.25) is 13.1 Å². The number of methoxy groups -OCH3 is 1. The van der Waals surface area contributed by atoms with Gasteiger partial charge in [-0.25, -0.2) is 0 Å². The maximum atomic E-state index is 5.70. The molecule has 3 aromatic rings. The molecule has 3 aromatic carbocycles. The van der Waals surface area contributed by atoms with E-state index in [9.17, 15) is 0 Å². The zero-order chi connectivity index (χ0) is 16.7. The molecule has 0 aromatic heterocycles. The van der Waals surface area contributed by atoms with Gasteiger partial charge in [-0.05, 0) is 33.5 Å². The Balaban J connectivity index is 1.95. The standard InChI is InChI=1S/C22H22OSi/c1-23-20-14-8-9-15-21(20)24(2,3)22-18-12-6-4-10-16(18)17-11-5-7-13-19(17)22/h4-15,22H,1-3H3. The molecule has 0 unspecified atom stereocenters. The molecule has 0 bridgehead atoms. The molecule has 1 aliphatic rings. The second-order valence-electron chi connectivity index (χ2n) is 7.03. The van der Waals surface area contributed by atoms with Gasteiger partial charge in [0.2, 0.25) is 0 Å². The van der Waals surface area contributed by atoms with Crippen molar-refractivity contribution >= 4 is 13.3 Å². The molecule has 2 heteroatoms. The molecular formula is C22H22OSi. The van der Waals surface area contributed by atoms with Gasteiger partial charge in [-0.15, -0.1) is 0 Å². The van der Waals surface area contributed by atoms with E-state index < -0.39 is 8.07 Å². The largest absolute Gasteiger partial charge is 0.497 e. The lowest BCUT2D eigenvalue weighted by atomic mass is 10.1. The molecule has 0 saturated carbocycles. The first kappa shape index (κ1) is 15.2. The van der Waals surface area contributed by atoms with E-state index in [1.54, 1.807) is 7.11 Å². The van der Waals surface area contributed by atoms with Gasteiger partial charge in [0.25, 0.3) is 0 Å². The number of para-hydroxylation sites is 1. The van der Waals surface area contributed by atoms with E-state index in [1.807, 2.05) is 0 Å². The normalized spacial score (nSPS) is 13.5. The number of hydrogen-bond donors (Lipinski definition) is 0. The third-order valence-electron chi connectivity index (χ3n) is 5.36. The number of ether oxygens (including phenoxy) is 1. The minimum Gasteiger partial charge on any atom is -0.497 e. The summed E-state index contributed by atoms with van der Waals surface area (Å²) >= 11 is 0. The van der Waals surface area contributed by atoms with E-state index in [1.165, 1.54) is 27.4 Å². The van der Waals surface area contributed by atoms with E-state index in [-0.39, 0.29) is 0 Å². The number of fused-ring (bicyclic) bond motifs is 3. The Hall–Kier alpha value is -2.32. The van der Waals surface area contributed by atoms with Crippen molar-refractivity contribution in [2.75, 3.05) is 7.11 Å². The first-order valence-corrected chi connectivity index (χ1v) is 11.5. The van der Waals surface area contributed by atoms with Crippen LogP contribution in [-0.4, -0.2) is 15.2 Å². The second-order valence-corrected chi connectivity index (χ2v) is 11.6. The second kappa shape index (κ2) is 5.64. The van der Waals surface area contributed by atoms with Crippen molar-refractivity contribution in [2.24, 2.45) is 0 Å². The van der Waals surface area contributed by atoms with Crippen LogP contribution in [0.4, 0.5) is 0 Å². The zero-order valence-corrected chi connectivity index (χ0v) is 15.4. The Bertz CT molecular complexity index is 852. The quantitative estimate of drug-likeness (QED) is 0.617. The van der Waals surface area contributed by atoms with E-state index in [2.05, 4.69) is 85.9 Å². The van der Waals surface area contributed by atoms with Crippen molar-refractivity contribution in [2.45, 2.75) is 18.6 Å². The van der Waals surface area contributed by atoms with E-state index in [0.29, 0.717) is 5.54 Å². The highest BCUT2D eigenvalue weighted by atomic mass is 28.3. The molecular weight excluding hydrogens is 308 g/mol. The van der Waals surface area contributed by atoms with Gasteiger partial charge in [0.05, 0.1) is 15.2 Å². The van der Waals surface area contributed by atoms with Crippen molar-refractivity contribution < 1.29 is 4.74 Å². The summed E-state index contributed by atoms with van der Waals surface area (Å²) in [6.45, 7) is 4.93. The van der Waals surface area contributed by atoms with Gasteiger partial charge < -0.3 is 4.74 Å². The van der Waals surface area contributed by atoms with Gasteiger partial charge >= 0.3 is 0 Å². The number of benzene rings is 3. The minimum atomic E-state index is -1.84. The van der Waals surface area contributed by atoms with Gasteiger partial charge in [-0.1, -0.05) is 79.8 Å². The van der Waals surface area contributed by atoms with Gasteiger partial charge in [-0.2, -0.15) is 0 Å². The smallest absolute Gasteiger partial charge is 0.118 e. The van der Waals surface area contributed by atoms with Crippen molar-refractivity contribution in [1.29, 1.82) is 0 Å². The molecule has 0 amide bonds. The summed E-state index contributed by atoms with van der Waals surface area (Å²) < 4.78 is 5.70. The summed E-state index contributed by atoms with van der Waals surface area (Å²) in [4.78, 5) is 0. The van der Waals surface area contributed by atoms with Crippen molar-refractivity contribution in [1.82, 2.24) is 0 Å². The molecule has 0 N–H and O–H groups in total. The molecule has 0 aliphatic heterocycles. The first-order valence-electron chi connectivity index (χ1n) is 8.46. The van der Waals surface area contributed by atoms with Crippen LogP contribution < -0.4 is 9.92 Å².